The van der Waals surface area contributed by atoms with Crippen molar-refractivity contribution in [1.82, 2.24) is 0 Å². The maximum atomic E-state index is 6.00. The Labute approximate surface area is 115 Å². The number of rotatable bonds is 1. The van der Waals surface area contributed by atoms with Crippen molar-refractivity contribution in [2.24, 2.45) is 0 Å². The molecule has 0 spiro atoms. The van der Waals surface area contributed by atoms with Crippen LogP contribution in [0.2, 0.25) is 25.1 Å². The normalized spacial score (nSPS) is 9.33. The van der Waals surface area contributed by atoms with Crippen molar-refractivity contribution in [3.63, 3.8) is 0 Å². The van der Waals surface area contributed by atoms with Crippen LogP contribution in [0.25, 0.3) is 0 Å². The Balaban J connectivity index is 0.000000921. The van der Waals surface area contributed by atoms with E-state index in [1.807, 2.05) is 0 Å². The van der Waals surface area contributed by atoms with Gasteiger partial charge < -0.3 is 4.29 Å². The molecule has 0 saturated carbocycles. The minimum atomic E-state index is -0.00981. The minimum absolute atomic E-state index is 0.00981. The highest BCUT2D eigenvalue weighted by Crippen LogP contribution is 2.48. The van der Waals surface area contributed by atoms with Gasteiger partial charge >= 0.3 is 0 Å². The summed E-state index contributed by atoms with van der Waals surface area (Å²) >= 11 is 33.6. The molecule has 0 amide bonds. The molecule has 0 aliphatic heterocycles. The molecule has 15 heavy (non-hydrogen) atoms. The van der Waals surface area contributed by atoms with E-state index in [-0.39, 0.29) is 30.9 Å². The van der Waals surface area contributed by atoms with Gasteiger partial charge in [-0.25, -0.2) is 0 Å². The van der Waals surface area contributed by atoms with E-state index < -0.39 is 0 Å². The van der Waals surface area contributed by atoms with Crippen LogP contribution in [-0.4, -0.2) is 10.5 Å². The molecule has 2 N–H and O–H groups in total. The van der Waals surface area contributed by atoms with Crippen LogP contribution in [0.1, 0.15) is 0 Å². The van der Waals surface area contributed by atoms with E-state index in [2.05, 4.69) is 4.29 Å². The van der Waals surface area contributed by atoms with Gasteiger partial charge in [0.25, 0.3) is 0 Å². The van der Waals surface area contributed by atoms with Gasteiger partial charge in [-0.05, 0) is 0 Å². The standard InChI is InChI=1S/C6Cl6O.H2O2/c7-1-2(8)4(10)6(13-12)5(11)3(1)9;1-2/h;1-2H. The molecule has 0 radical (unpaired) electrons. The molecule has 86 valence electrons. The highest BCUT2D eigenvalue weighted by molar-refractivity contribution is 6.55. The number of halogens is 6. The Bertz CT molecular complexity index is 326. The largest absolute Gasteiger partial charge is 0.382 e. The summed E-state index contributed by atoms with van der Waals surface area (Å²) in [6.07, 6.45) is 0. The van der Waals surface area contributed by atoms with Crippen molar-refractivity contribution >= 4 is 69.9 Å². The molecule has 9 heteroatoms. The molecule has 1 rings (SSSR count). The molecule has 0 unspecified atom stereocenters. The van der Waals surface area contributed by atoms with E-state index in [0.29, 0.717) is 0 Å². The molecule has 3 nitrogen and oxygen atoms in total. The van der Waals surface area contributed by atoms with Crippen LogP contribution in [-0.2, 0) is 0 Å². The fourth-order valence-corrected chi connectivity index (χ4v) is 2.08. The molecule has 0 atom stereocenters. The van der Waals surface area contributed by atoms with Crippen molar-refractivity contribution < 1.29 is 14.8 Å². The summed E-state index contributed by atoms with van der Waals surface area (Å²) < 4.78 is 4.37. The fourth-order valence-electron chi connectivity index (χ4n) is 0.652. The Hall–Kier alpha value is 0.680. The second-order valence-electron chi connectivity index (χ2n) is 1.98. The average Bonchev–Trinajstić information content (AvgIpc) is 2.27. The van der Waals surface area contributed by atoms with E-state index in [1.165, 1.54) is 0 Å². The highest BCUT2D eigenvalue weighted by Gasteiger charge is 2.20. The Kier molecular flexibility index (Phi) is 7.41. The highest BCUT2D eigenvalue weighted by atomic mass is 35.5. The molecular weight excluding hydrogens is 333 g/mol. The molecule has 0 heterocycles. The molecule has 1 aromatic rings. The predicted molar refractivity (Wildman–Crippen MR) is 63.2 cm³/mol. The monoisotopic (exact) mass is 332 g/mol. The van der Waals surface area contributed by atoms with E-state index in [4.69, 9.17) is 80.4 Å². The van der Waals surface area contributed by atoms with Gasteiger partial charge in [-0.3, -0.25) is 10.5 Å². The van der Waals surface area contributed by atoms with Crippen LogP contribution in [0.4, 0.5) is 0 Å². The first kappa shape index (κ1) is 15.7. The van der Waals surface area contributed by atoms with Gasteiger partial charge in [0.15, 0.2) is 5.75 Å². The zero-order chi connectivity index (χ0) is 12.2. The number of benzene rings is 1. The van der Waals surface area contributed by atoms with Crippen LogP contribution < -0.4 is 4.29 Å². The van der Waals surface area contributed by atoms with Gasteiger partial charge in [0.1, 0.15) is 21.9 Å². The van der Waals surface area contributed by atoms with E-state index in [0.717, 1.165) is 0 Å². The summed E-state index contributed by atoms with van der Waals surface area (Å²) in [5.74, 6) is -0.00981. The Morgan fingerprint density at radius 3 is 1.20 bits per heavy atom. The smallest absolute Gasteiger partial charge is 0.186 e. The topological polar surface area (TPSA) is 49.7 Å². The molecule has 0 aliphatic carbocycles. The van der Waals surface area contributed by atoms with Crippen LogP contribution >= 0.6 is 69.9 Å². The van der Waals surface area contributed by atoms with Gasteiger partial charge in [0.2, 0.25) is 0 Å². The average molecular weight is 335 g/mol. The minimum Gasteiger partial charge on any atom is -0.382 e. The molecule has 0 fully saturated rings. The molecule has 0 aromatic heterocycles. The third kappa shape index (κ3) is 3.32. The first-order valence-electron chi connectivity index (χ1n) is 3.00. The summed E-state index contributed by atoms with van der Waals surface area (Å²) in [5, 5.41) is 12.2. The maximum Gasteiger partial charge on any atom is 0.186 e. The molecule has 0 saturated heterocycles. The van der Waals surface area contributed by atoms with Crippen molar-refractivity contribution in [1.29, 1.82) is 0 Å². The lowest BCUT2D eigenvalue weighted by molar-refractivity contribution is -0.176. The van der Waals surface area contributed by atoms with Gasteiger partial charge in [0, 0.05) is 0 Å². The number of hydrogen-bond donors (Lipinski definition) is 2. The third-order valence-electron chi connectivity index (χ3n) is 1.25. The zero-order valence-corrected chi connectivity index (χ0v) is 11.1. The third-order valence-corrected chi connectivity index (χ3v) is 3.64. The first-order valence-corrected chi connectivity index (χ1v) is 5.20. The van der Waals surface area contributed by atoms with Gasteiger partial charge in [-0.2, -0.15) is 0 Å². The van der Waals surface area contributed by atoms with Crippen molar-refractivity contribution in [3.05, 3.63) is 25.1 Å². The van der Waals surface area contributed by atoms with Crippen molar-refractivity contribution in [3.8, 4) is 5.75 Å². The van der Waals surface area contributed by atoms with E-state index in [9.17, 15) is 0 Å². The zero-order valence-electron chi connectivity index (χ0n) is 6.57. The van der Waals surface area contributed by atoms with Crippen LogP contribution in [0.3, 0.4) is 0 Å². The lowest BCUT2D eigenvalue weighted by Crippen LogP contribution is -1.84. The molecule has 0 bridgehead atoms. The van der Waals surface area contributed by atoms with Gasteiger partial charge in [0.05, 0.1) is 15.1 Å². The first-order chi connectivity index (χ1) is 7.00. The molecule has 0 aliphatic rings. The maximum absolute atomic E-state index is 6.00. The summed E-state index contributed by atoms with van der Waals surface area (Å²) in [6, 6.07) is 0. The van der Waals surface area contributed by atoms with Crippen molar-refractivity contribution in [2.45, 2.75) is 0 Å². The second kappa shape index (κ2) is 7.09. The lowest BCUT2D eigenvalue weighted by atomic mass is 10.3. The Morgan fingerprint density at radius 2 is 0.933 bits per heavy atom. The number of hydrogen-bond acceptors (Lipinski definition) is 3. The summed E-state index contributed by atoms with van der Waals surface area (Å²) in [5.41, 5.74) is 0. The Morgan fingerprint density at radius 1 is 0.667 bits per heavy atom. The van der Waals surface area contributed by atoms with Crippen LogP contribution in [0.5, 0.6) is 5.75 Å². The predicted octanol–water partition coefficient (Wildman–Crippen LogP) is 5.50. The van der Waals surface area contributed by atoms with Gasteiger partial charge in [-0.15, -0.1) is 0 Å². The van der Waals surface area contributed by atoms with E-state index >= 15 is 0 Å². The van der Waals surface area contributed by atoms with Crippen LogP contribution in [0, 0.1) is 0 Å². The summed E-state index contributed by atoms with van der Waals surface area (Å²) in [4.78, 5) is 0. The lowest BCUT2D eigenvalue weighted by Gasteiger charge is -2.08. The molecule has 1 aromatic carbocycles. The van der Waals surface area contributed by atoms with E-state index in [1.54, 1.807) is 0 Å². The summed E-state index contributed by atoms with van der Waals surface area (Å²) in [6.45, 7) is 0. The van der Waals surface area contributed by atoms with Gasteiger partial charge in [-0.1, -0.05) is 58.0 Å². The van der Waals surface area contributed by atoms with Crippen molar-refractivity contribution in [2.75, 3.05) is 0 Å². The summed E-state index contributed by atoms with van der Waals surface area (Å²) in [7, 11) is 0. The fraction of sp³-hybridized carbons (Fsp3) is 0. The van der Waals surface area contributed by atoms with Crippen LogP contribution in [0.15, 0.2) is 0 Å². The molecular formula is C6H2Cl6O3. The SMILES string of the molecule is ClOc1c(Cl)c(Cl)c(Cl)c(Cl)c1Cl.OO. The quantitative estimate of drug-likeness (QED) is 0.308. The second-order valence-corrected chi connectivity index (χ2v) is 4.02.